The summed E-state index contributed by atoms with van der Waals surface area (Å²) >= 11 is 0. The number of hydrogen-bond acceptors (Lipinski definition) is 5. The molecule has 0 spiro atoms. The van der Waals surface area contributed by atoms with Gasteiger partial charge in [0.2, 0.25) is 11.7 Å². The minimum absolute atomic E-state index is 0.236. The summed E-state index contributed by atoms with van der Waals surface area (Å²) in [4.78, 5) is 4.20. The van der Waals surface area contributed by atoms with Crippen LogP contribution in [0.2, 0.25) is 0 Å². The maximum absolute atomic E-state index is 5.44. The van der Waals surface area contributed by atoms with Crippen molar-refractivity contribution >= 4 is 0 Å². The molecule has 17 heavy (non-hydrogen) atoms. The van der Waals surface area contributed by atoms with E-state index in [9.17, 15) is 0 Å². The van der Waals surface area contributed by atoms with E-state index in [4.69, 9.17) is 15.0 Å². The summed E-state index contributed by atoms with van der Waals surface area (Å²) < 4.78 is 10.4. The first-order valence-corrected chi connectivity index (χ1v) is 5.34. The maximum atomic E-state index is 5.44. The predicted octanol–water partition coefficient (Wildman–Crippen LogP) is 1.82. The zero-order valence-electron chi connectivity index (χ0n) is 10.2. The lowest BCUT2D eigenvalue weighted by Gasteiger charge is -2.10. The maximum Gasteiger partial charge on any atom is 0.240 e. The van der Waals surface area contributed by atoms with Crippen LogP contribution in [0.1, 0.15) is 17.0 Å². The first-order chi connectivity index (χ1) is 8.17. The third kappa shape index (κ3) is 2.01. The second-order valence-electron chi connectivity index (χ2n) is 3.80. The van der Waals surface area contributed by atoms with Crippen LogP contribution in [-0.2, 0) is 6.54 Å². The van der Waals surface area contributed by atoms with Gasteiger partial charge in [0.15, 0.2) is 0 Å². The summed E-state index contributed by atoms with van der Waals surface area (Å²) in [5.41, 5.74) is 8.49. The summed E-state index contributed by atoms with van der Waals surface area (Å²) in [6, 6.07) is 3.93. The highest BCUT2D eigenvalue weighted by Gasteiger charge is 2.15. The summed E-state index contributed by atoms with van der Waals surface area (Å²) in [7, 11) is 1.63. The van der Waals surface area contributed by atoms with Gasteiger partial charge in [0.25, 0.3) is 0 Å². The van der Waals surface area contributed by atoms with Crippen LogP contribution in [0.4, 0.5) is 0 Å². The first kappa shape index (κ1) is 11.6. The van der Waals surface area contributed by atoms with E-state index < -0.39 is 0 Å². The van der Waals surface area contributed by atoms with Gasteiger partial charge in [0, 0.05) is 0 Å². The van der Waals surface area contributed by atoms with Gasteiger partial charge in [-0.05, 0) is 31.0 Å². The number of nitrogens with two attached hydrogens (primary N) is 1. The number of ether oxygens (including phenoxy) is 1. The molecule has 2 N–H and O–H groups in total. The van der Waals surface area contributed by atoms with Gasteiger partial charge >= 0.3 is 0 Å². The van der Waals surface area contributed by atoms with E-state index in [2.05, 4.69) is 10.1 Å². The molecule has 90 valence electrons. The molecule has 0 saturated carbocycles. The molecule has 0 saturated heterocycles. The molecule has 0 radical (unpaired) electrons. The molecule has 0 fully saturated rings. The fourth-order valence-electron chi connectivity index (χ4n) is 1.68. The Labute approximate surface area is 99.6 Å². The fourth-order valence-corrected chi connectivity index (χ4v) is 1.68. The molecule has 2 aromatic rings. The highest BCUT2D eigenvalue weighted by molar-refractivity contribution is 5.67. The monoisotopic (exact) mass is 233 g/mol. The third-order valence-corrected chi connectivity index (χ3v) is 2.76. The normalized spacial score (nSPS) is 10.6. The minimum Gasteiger partial charge on any atom is -0.496 e. The van der Waals surface area contributed by atoms with Crippen molar-refractivity contribution in [2.45, 2.75) is 20.4 Å². The molecule has 1 aromatic carbocycles. The van der Waals surface area contributed by atoms with Crippen LogP contribution in [0.5, 0.6) is 5.75 Å². The van der Waals surface area contributed by atoms with Crippen LogP contribution < -0.4 is 10.5 Å². The zero-order chi connectivity index (χ0) is 12.4. The van der Waals surface area contributed by atoms with E-state index in [1.807, 2.05) is 26.0 Å². The molecular weight excluding hydrogens is 218 g/mol. The van der Waals surface area contributed by atoms with E-state index in [0.29, 0.717) is 11.7 Å². The third-order valence-electron chi connectivity index (χ3n) is 2.76. The van der Waals surface area contributed by atoms with Gasteiger partial charge in [-0.2, -0.15) is 4.98 Å². The predicted molar refractivity (Wildman–Crippen MR) is 63.7 cm³/mol. The Morgan fingerprint density at radius 2 is 2.12 bits per heavy atom. The first-order valence-electron chi connectivity index (χ1n) is 5.34. The van der Waals surface area contributed by atoms with Crippen LogP contribution in [0.3, 0.4) is 0 Å². The largest absolute Gasteiger partial charge is 0.496 e. The smallest absolute Gasteiger partial charge is 0.240 e. The average molecular weight is 233 g/mol. The quantitative estimate of drug-likeness (QED) is 0.875. The summed E-state index contributed by atoms with van der Waals surface area (Å²) in [5, 5.41) is 3.89. The molecule has 0 bridgehead atoms. The van der Waals surface area contributed by atoms with Crippen LogP contribution in [0.15, 0.2) is 16.7 Å². The van der Waals surface area contributed by atoms with Crippen molar-refractivity contribution in [2.24, 2.45) is 5.73 Å². The van der Waals surface area contributed by atoms with Crippen molar-refractivity contribution < 1.29 is 9.26 Å². The SMILES string of the molecule is COc1c(-c2noc(CN)n2)ccc(C)c1C. The Morgan fingerprint density at radius 1 is 1.35 bits per heavy atom. The van der Waals surface area contributed by atoms with Crippen molar-refractivity contribution in [3.05, 3.63) is 29.2 Å². The highest BCUT2D eigenvalue weighted by Crippen LogP contribution is 2.32. The molecule has 0 aliphatic carbocycles. The average Bonchev–Trinajstić information content (AvgIpc) is 2.81. The minimum atomic E-state index is 0.236. The lowest BCUT2D eigenvalue weighted by atomic mass is 10.0. The topological polar surface area (TPSA) is 74.2 Å². The number of aryl methyl sites for hydroxylation is 1. The number of aromatic nitrogens is 2. The summed E-state index contributed by atoms with van der Waals surface area (Å²) in [5.74, 6) is 1.69. The molecule has 0 atom stereocenters. The number of hydrogen-bond donors (Lipinski definition) is 1. The molecular formula is C12H15N3O2. The fraction of sp³-hybridized carbons (Fsp3) is 0.333. The Morgan fingerprint density at radius 3 is 2.71 bits per heavy atom. The molecule has 5 heteroatoms. The lowest BCUT2D eigenvalue weighted by Crippen LogP contribution is -1.97. The molecule has 0 unspecified atom stereocenters. The molecule has 0 aliphatic rings. The molecule has 2 rings (SSSR count). The molecule has 1 aromatic heterocycles. The van der Waals surface area contributed by atoms with Crippen molar-refractivity contribution in [3.63, 3.8) is 0 Å². The number of methoxy groups -OCH3 is 1. The van der Waals surface area contributed by atoms with Gasteiger partial charge < -0.3 is 15.0 Å². The molecule has 0 aliphatic heterocycles. The molecule has 1 heterocycles. The lowest BCUT2D eigenvalue weighted by molar-refractivity contribution is 0.379. The summed E-state index contributed by atoms with van der Waals surface area (Å²) in [6.45, 7) is 4.27. The zero-order valence-corrected chi connectivity index (χ0v) is 10.2. The van der Waals surface area contributed by atoms with Crippen LogP contribution in [0.25, 0.3) is 11.4 Å². The van der Waals surface area contributed by atoms with E-state index in [1.54, 1.807) is 7.11 Å². The van der Waals surface area contributed by atoms with Crippen LogP contribution in [-0.4, -0.2) is 17.3 Å². The summed E-state index contributed by atoms with van der Waals surface area (Å²) in [6.07, 6.45) is 0. The molecule has 5 nitrogen and oxygen atoms in total. The van der Waals surface area contributed by atoms with Gasteiger partial charge in [-0.3, -0.25) is 0 Å². The standard InChI is InChI=1S/C12H15N3O2/c1-7-4-5-9(11(16-3)8(7)2)12-14-10(6-13)17-15-12/h4-5H,6,13H2,1-3H3. The van der Waals surface area contributed by atoms with Crippen molar-refractivity contribution in [2.75, 3.05) is 7.11 Å². The highest BCUT2D eigenvalue weighted by atomic mass is 16.5. The van der Waals surface area contributed by atoms with Crippen LogP contribution >= 0.6 is 0 Å². The Kier molecular flexibility index (Phi) is 3.10. The van der Waals surface area contributed by atoms with Gasteiger partial charge in [-0.25, -0.2) is 0 Å². The van der Waals surface area contributed by atoms with Crippen LogP contribution in [0, 0.1) is 13.8 Å². The molecule has 0 amide bonds. The van der Waals surface area contributed by atoms with E-state index >= 15 is 0 Å². The number of rotatable bonds is 3. The second kappa shape index (κ2) is 4.55. The van der Waals surface area contributed by atoms with Gasteiger partial charge in [-0.15, -0.1) is 0 Å². The van der Waals surface area contributed by atoms with Gasteiger partial charge in [-0.1, -0.05) is 11.2 Å². The Hall–Kier alpha value is -1.88. The van der Waals surface area contributed by atoms with Crippen molar-refractivity contribution in [1.29, 1.82) is 0 Å². The Bertz CT molecular complexity index is 535. The second-order valence-corrected chi connectivity index (χ2v) is 3.80. The number of nitrogens with zero attached hydrogens (tertiary/aromatic N) is 2. The van der Waals surface area contributed by atoms with Gasteiger partial charge in [0.1, 0.15) is 5.75 Å². The van der Waals surface area contributed by atoms with E-state index in [-0.39, 0.29) is 6.54 Å². The van der Waals surface area contributed by atoms with Gasteiger partial charge in [0.05, 0.1) is 19.2 Å². The number of benzene rings is 1. The van der Waals surface area contributed by atoms with E-state index in [1.165, 1.54) is 0 Å². The van der Waals surface area contributed by atoms with Crippen molar-refractivity contribution in [1.82, 2.24) is 10.1 Å². The van der Waals surface area contributed by atoms with Crippen molar-refractivity contribution in [3.8, 4) is 17.1 Å². The van der Waals surface area contributed by atoms with E-state index in [0.717, 1.165) is 22.4 Å². The Balaban J connectivity index is 2.55.